The molecular formula is C15H24N2O. The molecule has 1 aromatic heterocycles. The second-order valence-electron chi connectivity index (χ2n) is 5.45. The van der Waals surface area contributed by atoms with Crippen molar-refractivity contribution in [3.05, 3.63) is 30.1 Å². The molecule has 1 fully saturated rings. The molecule has 1 aromatic rings. The number of nitrogens with one attached hydrogen (secondary N) is 1. The van der Waals surface area contributed by atoms with Gasteiger partial charge in [-0.3, -0.25) is 4.98 Å². The van der Waals surface area contributed by atoms with Crippen molar-refractivity contribution in [1.29, 1.82) is 0 Å². The van der Waals surface area contributed by atoms with Crippen molar-refractivity contribution in [1.82, 2.24) is 10.3 Å². The first-order valence-corrected chi connectivity index (χ1v) is 7.07. The van der Waals surface area contributed by atoms with Crippen molar-refractivity contribution in [3.8, 4) is 0 Å². The maximum atomic E-state index is 10.0. The van der Waals surface area contributed by atoms with Crippen LogP contribution in [0, 0.1) is 5.92 Å². The second-order valence-corrected chi connectivity index (χ2v) is 5.45. The number of pyridine rings is 1. The van der Waals surface area contributed by atoms with Crippen LogP contribution in [0.2, 0.25) is 0 Å². The lowest BCUT2D eigenvalue weighted by Crippen LogP contribution is -2.30. The molecule has 1 heterocycles. The van der Waals surface area contributed by atoms with E-state index in [4.69, 9.17) is 0 Å². The first kappa shape index (κ1) is 13.5. The molecule has 1 aliphatic carbocycles. The normalized spacial score (nSPS) is 19.9. The van der Waals surface area contributed by atoms with Gasteiger partial charge in [0.05, 0.1) is 6.10 Å². The Balaban J connectivity index is 1.70. The summed E-state index contributed by atoms with van der Waals surface area (Å²) >= 11 is 0. The Labute approximate surface area is 110 Å². The molecule has 18 heavy (non-hydrogen) atoms. The van der Waals surface area contributed by atoms with Gasteiger partial charge in [-0.05, 0) is 37.0 Å². The van der Waals surface area contributed by atoms with Crippen LogP contribution in [0.3, 0.4) is 0 Å². The fraction of sp³-hybridized carbons (Fsp3) is 0.667. The lowest BCUT2D eigenvalue weighted by Gasteiger charge is -2.19. The van der Waals surface area contributed by atoms with E-state index in [0.717, 1.165) is 12.3 Å². The van der Waals surface area contributed by atoms with Crippen LogP contribution in [-0.2, 0) is 0 Å². The Kier molecular flexibility index (Phi) is 5.14. The molecule has 3 nitrogen and oxygen atoms in total. The third-order valence-electron chi connectivity index (χ3n) is 3.95. The Morgan fingerprint density at radius 2 is 2.00 bits per heavy atom. The second kappa shape index (κ2) is 6.86. The highest BCUT2D eigenvalue weighted by Gasteiger charge is 2.19. The van der Waals surface area contributed by atoms with Crippen LogP contribution in [0.4, 0.5) is 0 Å². The third kappa shape index (κ3) is 4.07. The highest BCUT2D eigenvalue weighted by Crippen LogP contribution is 2.28. The summed E-state index contributed by atoms with van der Waals surface area (Å²) in [4.78, 5) is 4.01. The fourth-order valence-corrected chi connectivity index (χ4v) is 2.80. The van der Waals surface area contributed by atoms with Crippen molar-refractivity contribution in [2.45, 2.75) is 51.2 Å². The van der Waals surface area contributed by atoms with Crippen molar-refractivity contribution < 1.29 is 5.11 Å². The highest BCUT2D eigenvalue weighted by atomic mass is 16.3. The summed E-state index contributed by atoms with van der Waals surface area (Å²) in [7, 11) is 0. The van der Waals surface area contributed by atoms with Gasteiger partial charge in [-0.25, -0.2) is 0 Å². The molecule has 3 heteroatoms. The van der Waals surface area contributed by atoms with Crippen molar-refractivity contribution in [2.24, 2.45) is 5.92 Å². The van der Waals surface area contributed by atoms with Crippen LogP contribution >= 0.6 is 0 Å². The van der Waals surface area contributed by atoms with Gasteiger partial charge in [-0.2, -0.15) is 0 Å². The van der Waals surface area contributed by atoms with Crippen LogP contribution in [0.15, 0.2) is 24.5 Å². The lowest BCUT2D eigenvalue weighted by molar-refractivity contribution is 0.137. The summed E-state index contributed by atoms with van der Waals surface area (Å²) in [6.45, 7) is 2.80. The van der Waals surface area contributed by atoms with E-state index in [1.807, 2.05) is 24.5 Å². The van der Waals surface area contributed by atoms with E-state index in [9.17, 15) is 5.11 Å². The monoisotopic (exact) mass is 248 g/mol. The zero-order chi connectivity index (χ0) is 12.8. The molecule has 0 amide bonds. The molecule has 1 aliphatic rings. The van der Waals surface area contributed by atoms with Crippen LogP contribution in [-0.4, -0.2) is 22.7 Å². The number of aromatic nitrogens is 1. The predicted molar refractivity (Wildman–Crippen MR) is 73.2 cm³/mol. The summed E-state index contributed by atoms with van der Waals surface area (Å²) in [5.74, 6) is 0.748. The summed E-state index contributed by atoms with van der Waals surface area (Å²) < 4.78 is 0. The molecule has 2 atom stereocenters. The standard InChI is InChI=1S/C15H24N2O/c1-12(14-6-8-16-9-7-14)17-11-15(18)10-13-4-2-3-5-13/h6-9,12-13,15,17-18H,2-5,10-11H2,1H3/t12-,15?/m1/s1. The molecular weight excluding hydrogens is 224 g/mol. The number of aliphatic hydroxyl groups excluding tert-OH is 1. The quantitative estimate of drug-likeness (QED) is 0.813. The molecule has 0 radical (unpaired) electrons. The van der Waals surface area contributed by atoms with E-state index in [2.05, 4.69) is 17.2 Å². The molecule has 0 aliphatic heterocycles. The van der Waals surface area contributed by atoms with Gasteiger partial charge in [0, 0.05) is 25.0 Å². The van der Waals surface area contributed by atoms with E-state index in [0.29, 0.717) is 6.54 Å². The summed E-state index contributed by atoms with van der Waals surface area (Å²) in [6, 6.07) is 4.30. The van der Waals surface area contributed by atoms with Crippen molar-refractivity contribution in [3.63, 3.8) is 0 Å². The van der Waals surface area contributed by atoms with Gasteiger partial charge in [-0.1, -0.05) is 25.7 Å². The number of rotatable bonds is 6. The van der Waals surface area contributed by atoms with Crippen LogP contribution in [0.25, 0.3) is 0 Å². The minimum absolute atomic E-state index is 0.211. The van der Waals surface area contributed by atoms with Gasteiger partial charge in [0.1, 0.15) is 0 Å². The molecule has 0 aromatic carbocycles. The summed E-state index contributed by atoms with van der Waals surface area (Å²) in [6.07, 6.45) is 9.66. The van der Waals surface area contributed by atoms with E-state index in [1.165, 1.54) is 31.2 Å². The number of hydrogen-bond acceptors (Lipinski definition) is 3. The Morgan fingerprint density at radius 3 is 2.67 bits per heavy atom. The number of aliphatic hydroxyl groups is 1. The van der Waals surface area contributed by atoms with E-state index in [1.54, 1.807) is 0 Å². The van der Waals surface area contributed by atoms with Gasteiger partial charge in [-0.15, -0.1) is 0 Å². The Morgan fingerprint density at radius 1 is 1.33 bits per heavy atom. The minimum Gasteiger partial charge on any atom is -0.392 e. The van der Waals surface area contributed by atoms with Crippen LogP contribution < -0.4 is 5.32 Å². The Bertz CT molecular complexity index is 336. The van der Waals surface area contributed by atoms with Crippen molar-refractivity contribution >= 4 is 0 Å². The maximum Gasteiger partial charge on any atom is 0.0667 e. The molecule has 1 unspecified atom stereocenters. The number of hydrogen-bond donors (Lipinski definition) is 2. The largest absolute Gasteiger partial charge is 0.392 e. The molecule has 0 saturated heterocycles. The first-order chi connectivity index (χ1) is 8.75. The third-order valence-corrected chi connectivity index (χ3v) is 3.95. The molecule has 100 valence electrons. The molecule has 0 bridgehead atoms. The highest BCUT2D eigenvalue weighted by molar-refractivity contribution is 5.13. The predicted octanol–water partition coefficient (Wildman–Crippen LogP) is 2.67. The maximum absolute atomic E-state index is 10.0. The summed E-state index contributed by atoms with van der Waals surface area (Å²) in [5.41, 5.74) is 1.22. The topological polar surface area (TPSA) is 45.1 Å². The minimum atomic E-state index is -0.211. The summed E-state index contributed by atoms with van der Waals surface area (Å²) in [5, 5.41) is 13.4. The number of nitrogens with zero attached hydrogens (tertiary/aromatic N) is 1. The SMILES string of the molecule is C[C@@H](NCC(O)CC1CCCC1)c1ccncc1. The van der Waals surface area contributed by atoms with Gasteiger partial charge >= 0.3 is 0 Å². The lowest BCUT2D eigenvalue weighted by atomic mass is 10.00. The smallest absolute Gasteiger partial charge is 0.0667 e. The average Bonchev–Trinajstić information content (AvgIpc) is 2.90. The van der Waals surface area contributed by atoms with Crippen molar-refractivity contribution in [2.75, 3.05) is 6.54 Å². The van der Waals surface area contributed by atoms with Gasteiger partial charge in [0.15, 0.2) is 0 Å². The van der Waals surface area contributed by atoms with Gasteiger partial charge < -0.3 is 10.4 Å². The zero-order valence-electron chi connectivity index (χ0n) is 11.2. The van der Waals surface area contributed by atoms with Crippen LogP contribution in [0.5, 0.6) is 0 Å². The Hall–Kier alpha value is -0.930. The van der Waals surface area contributed by atoms with E-state index in [-0.39, 0.29) is 12.1 Å². The molecule has 2 N–H and O–H groups in total. The fourth-order valence-electron chi connectivity index (χ4n) is 2.80. The zero-order valence-corrected chi connectivity index (χ0v) is 11.2. The average molecular weight is 248 g/mol. The van der Waals surface area contributed by atoms with E-state index >= 15 is 0 Å². The van der Waals surface area contributed by atoms with Gasteiger partial charge in [0.2, 0.25) is 0 Å². The van der Waals surface area contributed by atoms with Gasteiger partial charge in [0.25, 0.3) is 0 Å². The van der Waals surface area contributed by atoms with Crippen LogP contribution in [0.1, 0.15) is 50.6 Å². The first-order valence-electron chi connectivity index (χ1n) is 7.07. The molecule has 1 saturated carbocycles. The van der Waals surface area contributed by atoms with E-state index < -0.39 is 0 Å². The molecule has 2 rings (SSSR count). The molecule has 0 spiro atoms.